The van der Waals surface area contributed by atoms with Gasteiger partial charge in [-0.1, -0.05) is 23.8 Å². The van der Waals surface area contributed by atoms with Crippen molar-refractivity contribution in [1.82, 2.24) is 15.5 Å². The number of amides is 3. The van der Waals surface area contributed by atoms with Crippen molar-refractivity contribution in [2.75, 3.05) is 13.2 Å². The normalized spacial score (nSPS) is 13.0. The van der Waals surface area contributed by atoms with Crippen LogP contribution in [0.5, 0.6) is 0 Å². The number of nitrogens with zero attached hydrogens (tertiary/aromatic N) is 2. The average molecular weight is 447 g/mol. The van der Waals surface area contributed by atoms with E-state index in [2.05, 4.69) is 10.6 Å². The summed E-state index contributed by atoms with van der Waals surface area (Å²) in [4.78, 5) is 39.7. The Labute approximate surface area is 189 Å². The largest absolute Gasteiger partial charge is 0.444 e. The van der Waals surface area contributed by atoms with Crippen molar-refractivity contribution in [2.45, 2.75) is 72.2 Å². The molecule has 2 atom stereocenters. The van der Waals surface area contributed by atoms with Crippen LogP contribution in [0.25, 0.3) is 0 Å². The first-order chi connectivity index (χ1) is 14.8. The van der Waals surface area contributed by atoms with Crippen LogP contribution in [0.4, 0.5) is 4.79 Å². The second-order valence-electron chi connectivity index (χ2n) is 8.93. The minimum atomic E-state index is -1.39. The molecule has 3 amide bonds. The van der Waals surface area contributed by atoms with E-state index in [0.29, 0.717) is 5.56 Å². The van der Waals surface area contributed by atoms with Gasteiger partial charge in [0.15, 0.2) is 0 Å². The van der Waals surface area contributed by atoms with Crippen LogP contribution in [0.1, 0.15) is 57.4 Å². The van der Waals surface area contributed by atoms with Gasteiger partial charge in [0.1, 0.15) is 24.2 Å². The monoisotopic (exact) mass is 446 g/mol. The van der Waals surface area contributed by atoms with E-state index < -0.39 is 48.7 Å². The molecule has 1 rings (SSSR count). The highest BCUT2D eigenvalue weighted by Crippen LogP contribution is 2.26. The highest BCUT2D eigenvalue weighted by Gasteiger charge is 2.37. The number of carbonyl (C=O) groups excluding carboxylic acids is 3. The van der Waals surface area contributed by atoms with Crippen molar-refractivity contribution >= 4 is 17.9 Å². The molecular formula is C23H34N4O5. The summed E-state index contributed by atoms with van der Waals surface area (Å²) < 4.78 is 5.16. The second-order valence-corrected chi connectivity index (χ2v) is 8.93. The summed E-state index contributed by atoms with van der Waals surface area (Å²) >= 11 is 0. The quantitative estimate of drug-likeness (QED) is 0.524. The SMILES string of the molecule is Cc1ccc(C)c(C(C(=O)NC(C)C)N(CC#N)C(=O)C(CO)NC(=O)OC(C)(C)C)c1. The van der Waals surface area contributed by atoms with Crippen LogP contribution in [-0.2, 0) is 14.3 Å². The van der Waals surface area contributed by atoms with Gasteiger partial charge in [-0.25, -0.2) is 4.79 Å². The van der Waals surface area contributed by atoms with Gasteiger partial charge in [-0.3, -0.25) is 9.59 Å². The first kappa shape index (κ1) is 26.9. The third kappa shape index (κ3) is 7.85. The molecule has 1 aromatic carbocycles. The predicted molar refractivity (Wildman–Crippen MR) is 120 cm³/mol. The smallest absolute Gasteiger partial charge is 0.408 e. The van der Waals surface area contributed by atoms with E-state index in [9.17, 15) is 24.8 Å². The fraction of sp³-hybridized carbons (Fsp3) is 0.565. The maximum Gasteiger partial charge on any atom is 0.408 e. The lowest BCUT2D eigenvalue weighted by Crippen LogP contribution is -2.55. The Morgan fingerprint density at radius 3 is 2.31 bits per heavy atom. The second kappa shape index (κ2) is 11.5. The molecule has 2 unspecified atom stereocenters. The molecule has 9 heteroatoms. The van der Waals surface area contributed by atoms with E-state index in [1.165, 1.54) is 0 Å². The lowest BCUT2D eigenvalue weighted by Gasteiger charge is -2.33. The lowest BCUT2D eigenvalue weighted by molar-refractivity contribution is -0.142. The van der Waals surface area contributed by atoms with Crippen LogP contribution in [0.15, 0.2) is 18.2 Å². The van der Waals surface area contributed by atoms with Crippen LogP contribution in [-0.4, -0.2) is 58.8 Å². The standard InChI is InChI=1S/C23H34N4O5/c1-14(2)25-20(29)19(17-12-15(3)8-9-16(17)4)27(11-10-24)21(30)18(13-28)26-22(31)32-23(5,6)7/h8-9,12,14,18-19,28H,11,13H2,1-7H3,(H,25,29)(H,26,31). The molecule has 32 heavy (non-hydrogen) atoms. The minimum absolute atomic E-state index is 0.206. The first-order valence-corrected chi connectivity index (χ1v) is 10.5. The molecule has 9 nitrogen and oxygen atoms in total. The van der Waals surface area contributed by atoms with E-state index >= 15 is 0 Å². The summed E-state index contributed by atoms with van der Waals surface area (Å²) in [6, 6.07) is 4.69. The van der Waals surface area contributed by atoms with E-state index in [1.54, 1.807) is 40.7 Å². The maximum absolute atomic E-state index is 13.3. The molecule has 0 saturated heterocycles. The van der Waals surface area contributed by atoms with Gasteiger partial charge in [0.05, 0.1) is 12.7 Å². The summed E-state index contributed by atoms with van der Waals surface area (Å²) in [7, 11) is 0. The van der Waals surface area contributed by atoms with Crippen molar-refractivity contribution in [3.8, 4) is 6.07 Å². The molecule has 0 bridgehead atoms. The molecule has 0 aliphatic rings. The number of aliphatic hydroxyl groups excluding tert-OH is 1. The van der Waals surface area contributed by atoms with Crippen molar-refractivity contribution in [2.24, 2.45) is 0 Å². The zero-order valence-corrected chi connectivity index (χ0v) is 19.9. The Hall–Kier alpha value is -3.12. The number of hydrogen-bond donors (Lipinski definition) is 3. The van der Waals surface area contributed by atoms with E-state index in [4.69, 9.17) is 4.74 Å². The zero-order chi connectivity index (χ0) is 24.6. The Kier molecular flexibility index (Phi) is 9.66. The van der Waals surface area contributed by atoms with Crippen molar-refractivity contribution < 1.29 is 24.2 Å². The van der Waals surface area contributed by atoms with Gasteiger partial charge in [-0.2, -0.15) is 5.26 Å². The molecule has 0 fully saturated rings. The van der Waals surface area contributed by atoms with Gasteiger partial charge in [0, 0.05) is 6.04 Å². The molecule has 0 aliphatic carbocycles. The van der Waals surface area contributed by atoms with Crippen LogP contribution < -0.4 is 10.6 Å². The third-order valence-electron chi connectivity index (χ3n) is 4.42. The van der Waals surface area contributed by atoms with Gasteiger partial charge in [0.2, 0.25) is 11.8 Å². The summed E-state index contributed by atoms with van der Waals surface area (Å²) in [6.45, 7) is 11.1. The summed E-state index contributed by atoms with van der Waals surface area (Å²) in [5.74, 6) is -1.24. The molecule has 0 heterocycles. The minimum Gasteiger partial charge on any atom is -0.444 e. The predicted octanol–water partition coefficient (Wildman–Crippen LogP) is 2.11. The van der Waals surface area contributed by atoms with Gasteiger partial charge in [-0.15, -0.1) is 0 Å². The fourth-order valence-electron chi connectivity index (χ4n) is 3.08. The summed E-state index contributed by atoms with van der Waals surface area (Å²) in [5.41, 5.74) is 1.39. The Balaban J connectivity index is 3.41. The van der Waals surface area contributed by atoms with Crippen LogP contribution in [0, 0.1) is 25.2 Å². The zero-order valence-electron chi connectivity index (χ0n) is 19.9. The number of hydrogen-bond acceptors (Lipinski definition) is 6. The molecule has 176 valence electrons. The van der Waals surface area contributed by atoms with Gasteiger partial charge < -0.3 is 25.4 Å². The average Bonchev–Trinajstić information content (AvgIpc) is 2.65. The molecule has 0 radical (unpaired) electrons. The van der Waals surface area contributed by atoms with E-state index in [-0.39, 0.29) is 6.04 Å². The lowest BCUT2D eigenvalue weighted by atomic mass is 9.96. The number of benzene rings is 1. The number of rotatable bonds is 8. The van der Waals surface area contributed by atoms with Crippen molar-refractivity contribution in [1.29, 1.82) is 5.26 Å². The summed E-state index contributed by atoms with van der Waals surface area (Å²) in [6.07, 6.45) is -0.892. The van der Waals surface area contributed by atoms with E-state index in [0.717, 1.165) is 16.0 Å². The molecule has 0 saturated carbocycles. The number of aliphatic hydroxyl groups is 1. The van der Waals surface area contributed by atoms with Crippen molar-refractivity contribution in [3.63, 3.8) is 0 Å². The Bertz CT molecular complexity index is 870. The number of nitriles is 1. The highest BCUT2D eigenvalue weighted by atomic mass is 16.6. The van der Waals surface area contributed by atoms with Crippen molar-refractivity contribution in [3.05, 3.63) is 34.9 Å². The van der Waals surface area contributed by atoms with Crippen LogP contribution >= 0.6 is 0 Å². The molecule has 0 aromatic heterocycles. The molecule has 3 N–H and O–H groups in total. The number of carbonyl (C=O) groups is 3. The first-order valence-electron chi connectivity index (χ1n) is 10.5. The van der Waals surface area contributed by atoms with Crippen LogP contribution in [0.3, 0.4) is 0 Å². The maximum atomic E-state index is 13.3. The fourth-order valence-corrected chi connectivity index (χ4v) is 3.08. The number of ether oxygens (including phenoxy) is 1. The number of alkyl carbamates (subject to hydrolysis) is 1. The highest BCUT2D eigenvalue weighted by molar-refractivity contribution is 5.92. The number of aryl methyl sites for hydroxylation is 2. The molecule has 1 aromatic rings. The topological polar surface area (TPSA) is 132 Å². The Morgan fingerprint density at radius 1 is 1.19 bits per heavy atom. The Morgan fingerprint density at radius 2 is 1.81 bits per heavy atom. The van der Waals surface area contributed by atoms with Gasteiger partial charge >= 0.3 is 6.09 Å². The third-order valence-corrected chi connectivity index (χ3v) is 4.42. The molecule has 0 aliphatic heterocycles. The molecule has 0 spiro atoms. The van der Waals surface area contributed by atoms with Crippen LogP contribution in [0.2, 0.25) is 0 Å². The van der Waals surface area contributed by atoms with E-state index in [1.807, 2.05) is 32.0 Å². The number of nitrogens with one attached hydrogen (secondary N) is 2. The van der Waals surface area contributed by atoms with Gasteiger partial charge in [0.25, 0.3) is 0 Å². The summed E-state index contributed by atoms with van der Waals surface area (Å²) in [5, 5.41) is 24.3. The molecular weight excluding hydrogens is 412 g/mol. The van der Waals surface area contributed by atoms with Gasteiger partial charge in [-0.05, 0) is 59.6 Å².